The number of piperidine rings is 1. The normalized spacial score (nSPS) is 17.4. The van der Waals surface area contributed by atoms with E-state index in [1.54, 1.807) is 7.05 Å². The summed E-state index contributed by atoms with van der Waals surface area (Å²) in [5, 5.41) is 4.70. The van der Waals surface area contributed by atoms with E-state index in [9.17, 15) is 9.59 Å². The van der Waals surface area contributed by atoms with Crippen LogP contribution in [0.2, 0.25) is 0 Å². The minimum atomic E-state index is -0.126. The maximum absolute atomic E-state index is 12.6. The zero-order valence-corrected chi connectivity index (χ0v) is 15.3. The van der Waals surface area contributed by atoms with Gasteiger partial charge in [0.05, 0.1) is 11.4 Å². The van der Waals surface area contributed by atoms with Crippen LogP contribution in [0.25, 0.3) is 21.3 Å². The first kappa shape index (κ1) is 16.8. The maximum atomic E-state index is 12.6. The number of thiophene rings is 1. The minimum absolute atomic E-state index is 0.0404. The second kappa shape index (κ2) is 6.92. The number of benzene rings is 1. The van der Waals surface area contributed by atoms with Gasteiger partial charge in [-0.15, -0.1) is 11.3 Å². The Bertz CT molecular complexity index is 996. The molecule has 0 spiro atoms. The zero-order chi connectivity index (χ0) is 18.1. The lowest BCUT2D eigenvalue weighted by Crippen LogP contribution is -2.43. The van der Waals surface area contributed by atoms with Gasteiger partial charge in [0.1, 0.15) is 4.70 Å². The van der Waals surface area contributed by atoms with Gasteiger partial charge in [-0.25, -0.2) is 4.98 Å². The third kappa shape index (κ3) is 2.99. The summed E-state index contributed by atoms with van der Waals surface area (Å²) in [6, 6.07) is 9.96. The molecule has 1 fully saturated rings. The average Bonchev–Trinajstić information content (AvgIpc) is 3.13. The molecule has 4 rings (SSSR count). The van der Waals surface area contributed by atoms with Gasteiger partial charge in [0.25, 0.3) is 5.56 Å². The molecule has 1 saturated heterocycles. The van der Waals surface area contributed by atoms with Crippen LogP contribution in [0.5, 0.6) is 0 Å². The number of aromatic amines is 1. The highest BCUT2D eigenvalue weighted by Gasteiger charge is 2.27. The van der Waals surface area contributed by atoms with E-state index in [2.05, 4.69) is 10.3 Å². The summed E-state index contributed by atoms with van der Waals surface area (Å²) < 4.78 is 0.632. The third-order valence-electron chi connectivity index (χ3n) is 4.84. The van der Waals surface area contributed by atoms with Gasteiger partial charge in [-0.2, -0.15) is 0 Å². The summed E-state index contributed by atoms with van der Waals surface area (Å²) in [7, 11) is 1.66. The Kier molecular flexibility index (Phi) is 4.46. The van der Waals surface area contributed by atoms with Crippen LogP contribution >= 0.6 is 11.3 Å². The number of nitrogens with zero attached hydrogens (tertiary/aromatic N) is 2. The van der Waals surface area contributed by atoms with Gasteiger partial charge in [-0.1, -0.05) is 30.3 Å². The highest BCUT2D eigenvalue weighted by atomic mass is 32.1. The number of fused-ring (bicyclic) bond motifs is 1. The number of hydrogen-bond acceptors (Lipinski definition) is 5. The van der Waals surface area contributed by atoms with Crippen LogP contribution in [-0.2, 0) is 4.79 Å². The van der Waals surface area contributed by atoms with Crippen molar-refractivity contribution in [1.29, 1.82) is 0 Å². The fourth-order valence-corrected chi connectivity index (χ4v) is 4.38. The predicted octanol–water partition coefficient (Wildman–Crippen LogP) is 2.61. The second-order valence-electron chi connectivity index (χ2n) is 6.48. The van der Waals surface area contributed by atoms with Crippen LogP contribution in [0.15, 0.2) is 40.5 Å². The van der Waals surface area contributed by atoms with Crippen molar-refractivity contribution in [2.75, 3.05) is 25.0 Å². The van der Waals surface area contributed by atoms with Gasteiger partial charge >= 0.3 is 0 Å². The molecule has 26 heavy (non-hydrogen) atoms. The van der Waals surface area contributed by atoms with E-state index in [1.807, 2.05) is 40.6 Å². The van der Waals surface area contributed by atoms with Gasteiger partial charge < -0.3 is 10.2 Å². The monoisotopic (exact) mass is 368 g/mol. The molecule has 0 radical (unpaired) electrons. The van der Waals surface area contributed by atoms with Crippen LogP contribution < -0.4 is 15.8 Å². The van der Waals surface area contributed by atoms with Crippen molar-refractivity contribution in [2.45, 2.75) is 12.8 Å². The molecule has 3 aromatic rings. The SMILES string of the molecule is CNC(=O)[C@@H]1CCCN(c2nc3c(-c4ccccc4)csc3c(=O)[nH]2)C1. The lowest BCUT2D eigenvalue weighted by Gasteiger charge is -2.32. The predicted molar refractivity (Wildman–Crippen MR) is 105 cm³/mol. The van der Waals surface area contributed by atoms with Crippen molar-refractivity contribution >= 4 is 33.4 Å². The van der Waals surface area contributed by atoms with Crippen molar-refractivity contribution in [2.24, 2.45) is 5.92 Å². The van der Waals surface area contributed by atoms with Crippen molar-refractivity contribution in [3.05, 3.63) is 46.1 Å². The Hall–Kier alpha value is -2.67. The van der Waals surface area contributed by atoms with Crippen molar-refractivity contribution in [3.8, 4) is 11.1 Å². The molecule has 1 aliphatic rings. The molecule has 0 bridgehead atoms. The van der Waals surface area contributed by atoms with Crippen LogP contribution in [0.4, 0.5) is 5.95 Å². The first-order valence-corrected chi connectivity index (χ1v) is 9.59. The lowest BCUT2D eigenvalue weighted by atomic mass is 9.97. The molecule has 0 aliphatic carbocycles. The minimum Gasteiger partial charge on any atom is -0.359 e. The Balaban J connectivity index is 1.75. The zero-order valence-electron chi connectivity index (χ0n) is 14.5. The van der Waals surface area contributed by atoms with Crippen molar-refractivity contribution in [3.63, 3.8) is 0 Å². The Morgan fingerprint density at radius 3 is 2.92 bits per heavy atom. The molecule has 7 heteroatoms. The number of anilines is 1. The first-order chi connectivity index (χ1) is 12.7. The van der Waals surface area contributed by atoms with Gasteiger partial charge in [0.2, 0.25) is 11.9 Å². The van der Waals surface area contributed by atoms with Gasteiger partial charge in [-0.05, 0) is 18.4 Å². The molecule has 2 N–H and O–H groups in total. The van der Waals surface area contributed by atoms with Crippen molar-refractivity contribution in [1.82, 2.24) is 15.3 Å². The number of nitrogens with one attached hydrogen (secondary N) is 2. The summed E-state index contributed by atoms with van der Waals surface area (Å²) in [6.45, 7) is 1.35. The Morgan fingerprint density at radius 2 is 2.15 bits per heavy atom. The van der Waals surface area contributed by atoms with Crippen LogP contribution in [0.3, 0.4) is 0 Å². The van der Waals surface area contributed by atoms with Gasteiger partial charge in [0.15, 0.2) is 0 Å². The molecular weight excluding hydrogens is 348 g/mol. The average molecular weight is 368 g/mol. The van der Waals surface area contributed by atoms with E-state index in [0.717, 1.165) is 36.0 Å². The molecule has 134 valence electrons. The topological polar surface area (TPSA) is 78.1 Å². The van der Waals surface area contributed by atoms with Crippen LogP contribution in [0, 0.1) is 5.92 Å². The first-order valence-electron chi connectivity index (χ1n) is 8.71. The van der Waals surface area contributed by atoms with E-state index in [4.69, 9.17) is 4.98 Å². The van der Waals surface area contributed by atoms with Gasteiger partial charge in [-0.3, -0.25) is 14.6 Å². The Morgan fingerprint density at radius 1 is 1.35 bits per heavy atom. The molecule has 1 aliphatic heterocycles. The van der Waals surface area contributed by atoms with E-state index < -0.39 is 0 Å². The smallest absolute Gasteiger partial charge is 0.270 e. The number of hydrogen-bond donors (Lipinski definition) is 2. The molecule has 1 atom stereocenters. The van der Waals surface area contributed by atoms with Gasteiger partial charge in [0, 0.05) is 31.1 Å². The highest BCUT2D eigenvalue weighted by Crippen LogP contribution is 2.32. The summed E-state index contributed by atoms with van der Waals surface area (Å²) in [4.78, 5) is 34.2. The van der Waals surface area contributed by atoms with Crippen molar-refractivity contribution < 1.29 is 4.79 Å². The lowest BCUT2D eigenvalue weighted by molar-refractivity contribution is -0.124. The number of H-pyrrole nitrogens is 1. The largest absolute Gasteiger partial charge is 0.359 e. The highest BCUT2D eigenvalue weighted by molar-refractivity contribution is 7.17. The maximum Gasteiger partial charge on any atom is 0.270 e. The number of carbonyl (C=O) groups is 1. The standard InChI is InChI=1S/C19H20N4O2S/c1-20-17(24)13-8-5-9-23(10-13)19-21-15-14(12-6-3-2-4-7-12)11-26-16(15)18(25)22-19/h2-4,6-7,11,13H,5,8-10H2,1H3,(H,20,24)(H,21,22,25)/t13-/m1/s1. The number of amides is 1. The molecule has 0 saturated carbocycles. The number of carbonyl (C=O) groups excluding carboxylic acids is 1. The fourth-order valence-electron chi connectivity index (χ4n) is 3.48. The molecule has 2 aromatic heterocycles. The number of aromatic nitrogens is 2. The van der Waals surface area contributed by atoms with E-state index >= 15 is 0 Å². The molecule has 1 aromatic carbocycles. The Labute approximate surface area is 154 Å². The summed E-state index contributed by atoms with van der Waals surface area (Å²) in [5.74, 6) is 0.510. The third-order valence-corrected chi connectivity index (χ3v) is 5.81. The molecule has 3 heterocycles. The molecule has 6 nitrogen and oxygen atoms in total. The van der Waals surface area contributed by atoms with E-state index in [1.165, 1.54) is 11.3 Å². The van der Waals surface area contributed by atoms with Crippen LogP contribution in [0.1, 0.15) is 12.8 Å². The fraction of sp³-hybridized carbons (Fsp3) is 0.316. The van der Waals surface area contributed by atoms with E-state index in [0.29, 0.717) is 17.2 Å². The molecular formula is C19H20N4O2S. The molecule has 0 unspecified atom stereocenters. The second-order valence-corrected chi connectivity index (χ2v) is 7.36. The van der Waals surface area contributed by atoms with E-state index in [-0.39, 0.29) is 17.4 Å². The number of rotatable bonds is 3. The molecule has 1 amide bonds. The summed E-state index contributed by atoms with van der Waals surface area (Å²) in [6.07, 6.45) is 1.76. The quantitative estimate of drug-likeness (QED) is 0.745. The summed E-state index contributed by atoms with van der Waals surface area (Å²) in [5.41, 5.74) is 2.61. The van der Waals surface area contributed by atoms with Crippen LogP contribution in [-0.4, -0.2) is 36.0 Å². The summed E-state index contributed by atoms with van der Waals surface area (Å²) >= 11 is 1.41.